The Bertz CT molecular complexity index is 2330. The van der Waals surface area contributed by atoms with Crippen LogP contribution < -0.4 is 5.32 Å². The van der Waals surface area contributed by atoms with Crippen molar-refractivity contribution in [3.63, 3.8) is 0 Å². The second-order valence-electron chi connectivity index (χ2n) is 12.5. The van der Waals surface area contributed by atoms with E-state index in [4.69, 9.17) is 13.7 Å². The summed E-state index contributed by atoms with van der Waals surface area (Å²) in [6.07, 6.45) is -8.20. The predicted molar refractivity (Wildman–Crippen MR) is 190 cm³/mol. The summed E-state index contributed by atoms with van der Waals surface area (Å²) in [4.78, 5) is 26.8. The molecule has 7 nitrogen and oxygen atoms in total. The van der Waals surface area contributed by atoms with Crippen LogP contribution in [0.4, 0.5) is 10.1 Å². The largest absolute Gasteiger partial charge is 0.481 e. The molecule has 48 heavy (non-hydrogen) atoms. The van der Waals surface area contributed by atoms with Gasteiger partial charge in [-0.05, 0) is 112 Å². The maximum Gasteiger partial charge on any atom is 0.305 e. The molecule has 0 radical (unpaired) electrons. The van der Waals surface area contributed by atoms with E-state index >= 15 is 9.18 Å². The topological polar surface area (TPSA) is 112 Å². The highest BCUT2D eigenvalue weighted by atomic mass is 19.1. The van der Waals surface area contributed by atoms with Gasteiger partial charge in [-0.25, -0.2) is 4.39 Å². The van der Waals surface area contributed by atoms with E-state index in [9.17, 15) is 22.9 Å². The van der Waals surface area contributed by atoms with Crippen molar-refractivity contribution in [2.75, 3.05) is 5.32 Å². The van der Waals surface area contributed by atoms with Crippen molar-refractivity contribution in [3.8, 4) is 22.4 Å². The van der Waals surface area contributed by atoms with Crippen LogP contribution in [0.1, 0.15) is 114 Å². The van der Waals surface area contributed by atoms with E-state index in [0.717, 1.165) is 0 Å². The Morgan fingerprint density at radius 3 is 2.27 bits per heavy atom. The highest BCUT2D eigenvalue weighted by molar-refractivity contribution is 6.12. The molecule has 0 aliphatic carbocycles. The van der Waals surface area contributed by atoms with Crippen LogP contribution in [-0.2, 0) is 4.79 Å². The zero-order valence-corrected chi connectivity index (χ0v) is 28.3. The molecule has 4 aromatic rings. The fourth-order valence-corrected chi connectivity index (χ4v) is 5.67. The Kier molecular flexibility index (Phi) is 7.38. The average molecular weight is 669 g/mol. The van der Waals surface area contributed by atoms with E-state index in [1.165, 1.54) is 32.3 Å². The Hall–Kier alpha value is -4.27. The van der Waals surface area contributed by atoms with Crippen LogP contribution in [0, 0.1) is 39.4 Å². The number of carbonyl (C=O) groups excluding carboxylic acids is 1. The Balaban J connectivity index is 2.34. The van der Waals surface area contributed by atoms with Crippen LogP contribution in [0.5, 0.6) is 0 Å². The van der Waals surface area contributed by atoms with Crippen molar-refractivity contribution in [2.24, 2.45) is 5.92 Å². The minimum atomic E-state index is -3.16. The first-order valence-corrected chi connectivity index (χ1v) is 15.6. The number of nitrogens with one attached hydrogen (secondary N) is 1. The number of halogens is 1. The molecule has 4 rings (SSSR count). The van der Waals surface area contributed by atoms with Crippen molar-refractivity contribution in [1.82, 2.24) is 4.57 Å². The molecule has 4 N–H and O–H groups in total. The third kappa shape index (κ3) is 8.23. The second kappa shape index (κ2) is 15.3. The van der Waals surface area contributed by atoms with Gasteiger partial charge >= 0.3 is 5.97 Å². The molecular formula is C40H49FN2O5. The van der Waals surface area contributed by atoms with E-state index in [1.807, 2.05) is 0 Å². The number of aliphatic carboxylic acids is 1. The number of rotatable bonds is 13. The second-order valence-corrected chi connectivity index (χ2v) is 12.5. The van der Waals surface area contributed by atoms with Gasteiger partial charge in [-0.3, -0.25) is 9.59 Å². The number of aliphatic hydroxyl groups is 2. The monoisotopic (exact) mass is 668 g/mol. The van der Waals surface area contributed by atoms with Crippen LogP contribution in [0.15, 0.2) is 60.4 Å². The number of amides is 1. The molecule has 0 spiro atoms. The van der Waals surface area contributed by atoms with E-state index in [0.29, 0.717) is 5.56 Å². The van der Waals surface area contributed by atoms with Crippen molar-refractivity contribution >= 4 is 17.6 Å². The van der Waals surface area contributed by atoms with Gasteiger partial charge in [-0.1, -0.05) is 56.5 Å². The summed E-state index contributed by atoms with van der Waals surface area (Å²) in [5, 5.41) is 33.9. The maximum absolute atomic E-state index is 15.4. The summed E-state index contributed by atoms with van der Waals surface area (Å²) in [5.41, 5.74) is -1.56. The molecule has 0 bridgehead atoms. The minimum absolute atomic E-state index is 0.0840. The lowest BCUT2D eigenvalue weighted by atomic mass is 9.88. The standard InChI is InChI=1S/C40H49FN2O5/c1-22(2)28(8)38-37(40(48)42-31-14-12-24(4)25(5)18-31)36(29-11-9-10-23(3)16-29)39(34-15-13-30(41)17-26(34)6)43(38)27(7)19-32(44)20-33(45)21-35(46)47/h9-18,22,27-28,32-33,44-45H,19-21H2,1-8H3,(H,42,48)(H,46,47)/t27?,28?,32-,33-/m1/s1/i9D,10D,11D,12D,13D,14D,15D,16D,17D,18D,21D2. The number of hydrogen-bond acceptors (Lipinski definition) is 4. The molecule has 0 aliphatic rings. The molecule has 256 valence electrons. The molecule has 0 saturated carbocycles. The van der Waals surface area contributed by atoms with Crippen molar-refractivity contribution in [2.45, 2.75) is 98.8 Å². The summed E-state index contributed by atoms with van der Waals surface area (Å²) >= 11 is 0. The normalized spacial score (nSPS) is 17.9. The molecule has 1 aromatic heterocycles. The van der Waals surface area contributed by atoms with E-state index < -0.39 is 115 Å². The first kappa shape index (κ1) is 23.1. The number of nitrogens with zero attached hydrogens (tertiary/aromatic N) is 1. The number of carboxylic acid groups (broad SMARTS) is 1. The number of hydrogen-bond donors (Lipinski definition) is 4. The molecule has 0 saturated heterocycles. The quantitative estimate of drug-likeness (QED) is 0.114. The zero-order chi connectivity index (χ0) is 45.9. The Labute approximate surface area is 300 Å². The number of aromatic nitrogens is 1. The molecule has 1 heterocycles. The molecule has 3 aromatic carbocycles. The van der Waals surface area contributed by atoms with Gasteiger partial charge in [0.15, 0.2) is 0 Å². The number of benzene rings is 3. The summed E-state index contributed by atoms with van der Waals surface area (Å²) in [6.45, 7) is 12.5. The average Bonchev–Trinajstić information content (AvgIpc) is 3.52. The van der Waals surface area contributed by atoms with Crippen LogP contribution in [0.2, 0.25) is 0 Å². The number of carboxylic acids is 1. The van der Waals surface area contributed by atoms with Crippen LogP contribution >= 0.6 is 0 Å². The first-order valence-electron chi connectivity index (χ1n) is 21.6. The fourth-order valence-electron chi connectivity index (χ4n) is 5.67. The third-order valence-corrected chi connectivity index (χ3v) is 8.44. The highest BCUT2D eigenvalue weighted by Gasteiger charge is 2.35. The molecule has 4 atom stereocenters. The van der Waals surface area contributed by atoms with Gasteiger partial charge < -0.3 is 25.2 Å². The summed E-state index contributed by atoms with van der Waals surface area (Å²) in [7, 11) is 0. The first-order chi connectivity index (χ1) is 27.5. The van der Waals surface area contributed by atoms with Gasteiger partial charge in [0.05, 0.1) is 43.5 Å². The molecule has 2 unspecified atom stereocenters. The van der Waals surface area contributed by atoms with E-state index in [-0.39, 0.29) is 68.5 Å². The van der Waals surface area contributed by atoms with Crippen molar-refractivity contribution in [3.05, 3.63) is 99.8 Å². The highest BCUT2D eigenvalue weighted by Crippen LogP contribution is 2.47. The summed E-state index contributed by atoms with van der Waals surface area (Å²) < 4.78 is 120. The van der Waals surface area contributed by atoms with Gasteiger partial charge in [0.2, 0.25) is 0 Å². The SMILES string of the molecule is [2H]c1c([2H])c(C)c([2H])c(-c2c(C(=O)Nc3c([2H])c([2H])c(C)c(C)c3[2H])c(C(C)C(C)C)n(C(C)C[C@@H](O)C[C@@H](O)C([2H])([2H])C(=O)O)c2-c2c([2H])c([2H])c(F)c([2H])c2C)c1[2H]. The Morgan fingerprint density at radius 1 is 0.896 bits per heavy atom. The minimum Gasteiger partial charge on any atom is -0.481 e. The van der Waals surface area contributed by atoms with Gasteiger partial charge in [0.25, 0.3) is 5.91 Å². The van der Waals surface area contributed by atoms with Gasteiger partial charge in [0, 0.05) is 31.3 Å². The van der Waals surface area contributed by atoms with E-state index in [2.05, 4.69) is 5.32 Å². The summed E-state index contributed by atoms with van der Waals surface area (Å²) in [5.74, 6) is -5.44. The van der Waals surface area contributed by atoms with Gasteiger partial charge in [0.1, 0.15) is 5.82 Å². The number of anilines is 1. The maximum atomic E-state index is 15.4. The molecule has 0 aliphatic heterocycles. The smallest absolute Gasteiger partial charge is 0.305 e. The molecule has 0 fully saturated rings. The molecular weight excluding hydrogens is 607 g/mol. The lowest BCUT2D eigenvalue weighted by Gasteiger charge is -2.28. The lowest BCUT2D eigenvalue weighted by molar-refractivity contribution is -0.139. The van der Waals surface area contributed by atoms with E-state index in [1.54, 1.807) is 27.7 Å². The summed E-state index contributed by atoms with van der Waals surface area (Å²) in [6, 6.07) is -7.07. The predicted octanol–water partition coefficient (Wildman–Crippen LogP) is 8.74. The van der Waals surface area contributed by atoms with Crippen LogP contribution in [0.25, 0.3) is 22.4 Å². The lowest BCUT2D eigenvalue weighted by Crippen LogP contribution is -2.25. The fraction of sp³-hybridized carbons (Fsp3) is 0.400. The molecule has 8 heteroatoms. The van der Waals surface area contributed by atoms with Gasteiger partial charge in [-0.15, -0.1) is 0 Å². The number of aliphatic hydroxyl groups excluding tert-OH is 2. The van der Waals surface area contributed by atoms with Crippen LogP contribution in [-0.4, -0.2) is 44.0 Å². The van der Waals surface area contributed by atoms with Crippen molar-refractivity contribution < 1.29 is 45.7 Å². The number of carbonyl (C=O) groups is 2. The molecule has 1 amide bonds. The Morgan fingerprint density at radius 2 is 1.60 bits per heavy atom. The van der Waals surface area contributed by atoms with Crippen LogP contribution in [0.3, 0.4) is 0 Å². The third-order valence-electron chi connectivity index (χ3n) is 8.44. The van der Waals surface area contributed by atoms with Crippen molar-refractivity contribution in [1.29, 1.82) is 0 Å². The van der Waals surface area contributed by atoms with Gasteiger partial charge in [-0.2, -0.15) is 0 Å². The zero-order valence-electron chi connectivity index (χ0n) is 40.3.